The molecule has 0 aromatic heterocycles. The van der Waals surface area contributed by atoms with Crippen molar-refractivity contribution in [2.45, 2.75) is 52.6 Å². The monoisotopic (exact) mass is 675 g/mol. The first-order valence-corrected chi connectivity index (χ1v) is 25.2. The van der Waals surface area contributed by atoms with E-state index in [9.17, 15) is 0 Å². The van der Waals surface area contributed by atoms with Crippen LogP contribution in [-0.4, -0.2) is 19.0 Å². The van der Waals surface area contributed by atoms with Crippen molar-refractivity contribution in [1.29, 1.82) is 0 Å². The molecule has 0 aliphatic heterocycles. The summed E-state index contributed by atoms with van der Waals surface area (Å²) < 4.78 is 6.33. The Morgan fingerprint density at radius 1 is 0.707 bits per heavy atom. The maximum atomic E-state index is 2.62. The van der Waals surface area contributed by atoms with Gasteiger partial charge in [-0.15, -0.1) is 24.8 Å². The third-order valence-electron chi connectivity index (χ3n) is 9.23. The van der Waals surface area contributed by atoms with Gasteiger partial charge in [-0.1, -0.05) is 0 Å². The molecule has 0 fully saturated rings. The maximum Gasteiger partial charge on any atom is -0.147 e. The Bertz CT molecular complexity index is 1620. The number of fused-ring (bicyclic) bond motifs is 3. The number of nitrogens with zero attached hydrogens (tertiary/aromatic N) is 1. The topological polar surface area (TPSA) is 3.24 Å². The van der Waals surface area contributed by atoms with E-state index >= 15 is 0 Å². The van der Waals surface area contributed by atoms with Crippen molar-refractivity contribution in [2.75, 3.05) is 4.90 Å². The summed E-state index contributed by atoms with van der Waals surface area (Å²) in [7, 11) is 0. The molecule has 0 unspecified atom stereocenters. The van der Waals surface area contributed by atoms with Crippen molar-refractivity contribution < 1.29 is 17.4 Å². The summed E-state index contributed by atoms with van der Waals surface area (Å²) >= 11 is -4.33. The van der Waals surface area contributed by atoms with Crippen LogP contribution >= 0.6 is 24.8 Å². The average Bonchev–Trinajstić information content (AvgIpc) is 3.63. The molecule has 212 valence electrons. The first kappa shape index (κ1) is 31.8. The quantitative estimate of drug-likeness (QED) is 0.167. The molecule has 0 heterocycles. The van der Waals surface area contributed by atoms with Crippen LogP contribution in [0.25, 0.3) is 11.1 Å². The standard InChI is InChI=1S/C19H22N.2C6H5.C5H5.2ClH.H2Si.Zr/c1-13(2)20(14(3)4)18-11-7-9-16-12-15-8-5-6-10-17(15)19(16)18;2*1-2-4-6-5-3-1;1-2-4-5-3-1;;;;/h5-8,10-11,13-14H,12H2,1-4H3;2*1-5H;1-3H,4H2;2*1H;1H2;. The van der Waals surface area contributed by atoms with Gasteiger partial charge in [-0.25, -0.2) is 0 Å². The molecule has 0 atom stereocenters. The molecule has 0 bridgehead atoms. The summed E-state index contributed by atoms with van der Waals surface area (Å²) in [4.78, 5) is 2.62. The van der Waals surface area contributed by atoms with Gasteiger partial charge < -0.3 is 0 Å². The van der Waals surface area contributed by atoms with Crippen molar-refractivity contribution in [3.8, 4) is 11.1 Å². The fraction of sp³-hybridized carbons (Fsp3) is 0.222. The Labute approximate surface area is 261 Å². The summed E-state index contributed by atoms with van der Waals surface area (Å²) in [5, 5.41) is 0. The van der Waals surface area contributed by atoms with Gasteiger partial charge >= 0.3 is 238 Å². The van der Waals surface area contributed by atoms with Crippen LogP contribution in [-0.2, 0) is 23.8 Å². The number of anilines is 1. The van der Waals surface area contributed by atoms with Gasteiger partial charge in [-0.2, -0.15) is 0 Å². The minimum atomic E-state index is -4.33. The van der Waals surface area contributed by atoms with Gasteiger partial charge in [0.2, 0.25) is 0 Å². The Kier molecular flexibility index (Phi) is 9.46. The zero-order valence-corrected chi connectivity index (χ0v) is 30.0. The van der Waals surface area contributed by atoms with E-state index in [0.29, 0.717) is 12.1 Å². The fourth-order valence-electron chi connectivity index (χ4n) is 7.60. The zero-order chi connectivity index (χ0) is 27.2. The number of benzene rings is 4. The maximum absolute atomic E-state index is 4.33. The van der Waals surface area contributed by atoms with E-state index in [1.807, 2.05) is 0 Å². The minimum Gasteiger partial charge on any atom is -0.147 e. The van der Waals surface area contributed by atoms with Gasteiger partial charge in [0.15, 0.2) is 0 Å². The largest absolute Gasteiger partial charge is 0.147 e. The molecule has 1 nitrogen and oxygen atoms in total. The number of hydrogen-bond donors (Lipinski definition) is 0. The summed E-state index contributed by atoms with van der Waals surface area (Å²) in [5.41, 5.74) is 7.29. The van der Waals surface area contributed by atoms with Crippen molar-refractivity contribution in [2.24, 2.45) is 0 Å². The Morgan fingerprint density at radius 3 is 1.80 bits per heavy atom. The van der Waals surface area contributed by atoms with E-state index in [1.165, 1.54) is 28.9 Å². The van der Waals surface area contributed by atoms with E-state index in [2.05, 4.69) is 155 Å². The van der Waals surface area contributed by atoms with Gasteiger partial charge in [0.05, 0.1) is 0 Å². The van der Waals surface area contributed by atoms with E-state index in [-0.39, 0.29) is 24.8 Å². The zero-order valence-electron chi connectivity index (χ0n) is 24.5. The predicted molar refractivity (Wildman–Crippen MR) is 184 cm³/mol. The third kappa shape index (κ3) is 4.78. The second kappa shape index (κ2) is 12.2. The number of rotatable bonds is 7. The Balaban J connectivity index is 0.00000194. The second-order valence-electron chi connectivity index (χ2n) is 11.9. The molecule has 0 amide bonds. The average molecular weight is 678 g/mol. The van der Waals surface area contributed by atoms with Gasteiger partial charge in [0, 0.05) is 0 Å². The van der Waals surface area contributed by atoms with E-state index in [0.717, 1.165) is 12.8 Å². The normalized spacial score (nSPS) is 13.8. The fourth-order valence-corrected chi connectivity index (χ4v) is 29.3. The van der Waals surface area contributed by atoms with Crippen molar-refractivity contribution in [3.05, 3.63) is 130 Å². The Hall–Kier alpha value is -2.16. The van der Waals surface area contributed by atoms with E-state index in [4.69, 9.17) is 0 Å². The SMILES string of the molecule is CC(C)N(c1cc[c]([Zr](=[SiH2])([C]2=CC=CC2)([c]2ccccc2)[c]2ccccc2)c2c1-c1ccccc1C2)C(C)C.Cl.Cl. The van der Waals surface area contributed by atoms with Crippen LogP contribution in [0.4, 0.5) is 5.69 Å². The predicted octanol–water partition coefficient (Wildman–Crippen LogP) is 7.08. The van der Waals surface area contributed by atoms with Crippen LogP contribution in [0.15, 0.2) is 119 Å². The molecule has 0 radical (unpaired) electrons. The van der Waals surface area contributed by atoms with Gasteiger partial charge in [0.25, 0.3) is 0 Å². The molecule has 5 heteroatoms. The molecular weight excluding hydrogens is 637 g/mol. The molecule has 0 saturated carbocycles. The molecular formula is C36H41Cl2NSiZr. The molecule has 4 aromatic rings. The molecule has 2 aliphatic carbocycles. The van der Waals surface area contributed by atoms with Crippen molar-refractivity contribution in [3.63, 3.8) is 0 Å². The summed E-state index contributed by atoms with van der Waals surface area (Å²) in [6, 6.07) is 38.1. The smallest absolute Gasteiger partial charge is 0.147 e. The minimum absolute atomic E-state index is 0. The van der Waals surface area contributed by atoms with Crippen molar-refractivity contribution >= 4 is 47.2 Å². The second-order valence-corrected chi connectivity index (χ2v) is 33.2. The van der Waals surface area contributed by atoms with Crippen LogP contribution in [0, 0.1) is 0 Å². The van der Waals surface area contributed by atoms with E-state index in [1.54, 1.807) is 12.1 Å². The molecule has 6 rings (SSSR count). The van der Waals surface area contributed by atoms with Crippen molar-refractivity contribution in [1.82, 2.24) is 0 Å². The Morgan fingerprint density at radius 2 is 1.27 bits per heavy atom. The number of halogens is 2. The van der Waals surface area contributed by atoms with Crippen LogP contribution in [0.1, 0.15) is 45.2 Å². The first-order chi connectivity index (χ1) is 18.9. The van der Waals surface area contributed by atoms with Crippen LogP contribution in [0.3, 0.4) is 0 Å². The molecule has 2 aliphatic rings. The summed E-state index contributed by atoms with van der Waals surface area (Å²) in [5.74, 6) is 0. The first-order valence-electron chi connectivity index (χ1n) is 14.4. The van der Waals surface area contributed by atoms with Crippen LogP contribution in [0.2, 0.25) is 0 Å². The third-order valence-corrected chi connectivity index (χ3v) is 35.4. The molecule has 0 N–H and O–H groups in total. The van der Waals surface area contributed by atoms with Gasteiger partial charge in [-0.3, -0.25) is 0 Å². The number of allylic oxidation sites excluding steroid dienone is 4. The number of hydrogen-bond acceptors (Lipinski definition) is 1. The summed E-state index contributed by atoms with van der Waals surface area (Å²) in [6.07, 6.45) is 9.17. The van der Waals surface area contributed by atoms with Gasteiger partial charge in [-0.05, 0) is 0 Å². The van der Waals surface area contributed by atoms with E-state index < -0.39 is 17.4 Å². The molecule has 41 heavy (non-hydrogen) atoms. The van der Waals surface area contributed by atoms with Crippen LogP contribution in [0.5, 0.6) is 0 Å². The summed E-state index contributed by atoms with van der Waals surface area (Å²) in [6.45, 7) is 11.7. The molecule has 0 spiro atoms. The molecule has 0 saturated heterocycles. The van der Waals surface area contributed by atoms with Gasteiger partial charge in [0.1, 0.15) is 0 Å². The molecule has 4 aromatic carbocycles. The van der Waals surface area contributed by atoms with Crippen LogP contribution < -0.4 is 14.7 Å².